The van der Waals surface area contributed by atoms with E-state index in [-0.39, 0.29) is 0 Å². The van der Waals surface area contributed by atoms with Gasteiger partial charge in [0.15, 0.2) is 6.10 Å². The van der Waals surface area contributed by atoms with Gasteiger partial charge in [-0.25, -0.2) is 4.79 Å². The van der Waals surface area contributed by atoms with E-state index in [9.17, 15) is 4.79 Å². The highest BCUT2D eigenvalue weighted by Crippen LogP contribution is 2.21. The van der Waals surface area contributed by atoms with Crippen LogP contribution in [0, 0.1) is 6.92 Å². The first-order valence-electron chi connectivity index (χ1n) is 4.55. The predicted octanol–water partition coefficient (Wildman–Crippen LogP) is 2.59. The zero-order valence-corrected chi connectivity index (χ0v) is 9.67. The van der Waals surface area contributed by atoms with Crippen molar-refractivity contribution >= 4 is 17.6 Å². The summed E-state index contributed by atoms with van der Waals surface area (Å²) in [4.78, 5) is 11.1. The summed E-state index contributed by atoms with van der Waals surface area (Å²) in [7, 11) is 1.33. The van der Waals surface area contributed by atoms with E-state index in [0.29, 0.717) is 10.8 Å². The smallest absolute Gasteiger partial charge is 0.346 e. The maximum atomic E-state index is 11.1. The first-order valence-corrected chi connectivity index (χ1v) is 4.93. The van der Waals surface area contributed by atoms with Gasteiger partial charge in [-0.2, -0.15) is 0 Å². The van der Waals surface area contributed by atoms with Crippen LogP contribution >= 0.6 is 11.6 Å². The molecule has 3 nitrogen and oxygen atoms in total. The predicted molar refractivity (Wildman–Crippen MR) is 58.3 cm³/mol. The SMILES string of the molecule is COC(=O)C(C)Oc1ccc(Cl)c(C)c1. The van der Waals surface area contributed by atoms with E-state index >= 15 is 0 Å². The quantitative estimate of drug-likeness (QED) is 0.746. The van der Waals surface area contributed by atoms with Gasteiger partial charge < -0.3 is 9.47 Å². The molecule has 1 atom stereocenters. The fraction of sp³-hybridized carbons (Fsp3) is 0.364. The summed E-state index contributed by atoms with van der Waals surface area (Å²) in [5.74, 6) is 0.206. The maximum absolute atomic E-state index is 11.1. The third kappa shape index (κ3) is 3.13. The van der Waals surface area contributed by atoms with Gasteiger partial charge in [-0.05, 0) is 37.6 Å². The van der Waals surface area contributed by atoms with E-state index in [4.69, 9.17) is 16.3 Å². The molecule has 0 aliphatic heterocycles. The van der Waals surface area contributed by atoms with Crippen molar-refractivity contribution in [2.45, 2.75) is 20.0 Å². The first kappa shape index (κ1) is 11.9. The van der Waals surface area contributed by atoms with Gasteiger partial charge in [0.1, 0.15) is 5.75 Å². The highest BCUT2D eigenvalue weighted by Gasteiger charge is 2.14. The Kier molecular flexibility index (Phi) is 3.97. The molecule has 0 fully saturated rings. The number of halogens is 1. The second-order valence-corrected chi connectivity index (χ2v) is 3.60. The van der Waals surface area contributed by atoms with E-state index in [0.717, 1.165) is 5.56 Å². The van der Waals surface area contributed by atoms with E-state index in [2.05, 4.69) is 4.74 Å². The molecule has 0 amide bonds. The molecule has 0 N–H and O–H groups in total. The maximum Gasteiger partial charge on any atom is 0.346 e. The van der Waals surface area contributed by atoms with E-state index in [1.807, 2.05) is 6.92 Å². The monoisotopic (exact) mass is 228 g/mol. The van der Waals surface area contributed by atoms with E-state index < -0.39 is 12.1 Å². The molecule has 15 heavy (non-hydrogen) atoms. The lowest BCUT2D eigenvalue weighted by Crippen LogP contribution is -2.24. The molecule has 0 aromatic heterocycles. The molecule has 0 radical (unpaired) electrons. The zero-order chi connectivity index (χ0) is 11.4. The van der Waals surface area contributed by atoms with Crippen LogP contribution in [-0.4, -0.2) is 19.2 Å². The number of hydrogen-bond acceptors (Lipinski definition) is 3. The van der Waals surface area contributed by atoms with E-state index in [1.165, 1.54) is 7.11 Å². The number of esters is 1. The largest absolute Gasteiger partial charge is 0.479 e. The van der Waals surface area contributed by atoms with Crippen molar-refractivity contribution in [2.24, 2.45) is 0 Å². The highest BCUT2D eigenvalue weighted by molar-refractivity contribution is 6.31. The fourth-order valence-electron chi connectivity index (χ4n) is 1.11. The molecular formula is C11H13ClO3. The van der Waals surface area contributed by atoms with E-state index in [1.54, 1.807) is 25.1 Å². The molecule has 1 aromatic rings. The van der Waals surface area contributed by atoms with Crippen LogP contribution in [0.25, 0.3) is 0 Å². The van der Waals surface area contributed by atoms with Crippen LogP contribution in [0.15, 0.2) is 18.2 Å². The molecule has 0 aliphatic carbocycles. The minimum atomic E-state index is -0.615. The normalized spacial score (nSPS) is 12.0. The average molecular weight is 229 g/mol. The van der Waals surface area contributed by atoms with Gasteiger partial charge in [0.05, 0.1) is 7.11 Å². The molecule has 0 bridgehead atoms. The number of benzene rings is 1. The molecule has 82 valence electrons. The minimum absolute atomic E-state index is 0.400. The van der Waals surface area contributed by atoms with Crippen molar-refractivity contribution in [2.75, 3.05) is 7.11 Å². The minimum Gasteiger partial charge on any atom is -0.479 e. The van der Waals surface area contributed by atoms with Crippen molar-refractivity contribution in [3.8, 4) is 5.75 Å². The Hall–Kier alpha value is -1.22. The Morgan fingerprint density at radius 2 is 2.13 bits per heavy atom. The molecule has 1 unspecified atom stereocenters. The Bertz CT molecular complexity index is 363. The van der Waals surface area contributed by atoms with Gasteiger partial charge in [0.25, 0.3) is 0 Å². The van der Waals surface area contributed by atoms with Gasteiger partial charge in [-0.1, -0.05) is 11.6 Å². The Morgan fingerprint density at radius 3 is 2.67 bits per heavy atom. The topological polar surface area (TPSA) is 35.5 Å². The molecule has 0 spiro atoms. The van der Waals surface area contributed by atoms with Crippen LogP contribution in [0.3, 0.4) is 0 Å². The van der Waals surface area contributed by atoms with Crippen LogP contribution in [0.2, 0.25) is 5.02 Å². The number of carbonyl (C=O) groups excluding carboxylic acids is 1. The third-order valence-corrected chi connectivity index (χ3v) is 2.40. The number of aryl methyl sites for hydroxylation is 1. The van der Waals surface area contributed by atoms with Crippen molar-refractivity contribution in [1.29, 1.82) is 0 Å². The van der Waals surface area contributed by atoms with Gasteiger partial charge >= 0.3 is 5.97 Å². The van der Waals surface area contributed by atoms with Crippen molar-refractivity contribution in [1.82, 2.24) is 0 Å². The van der Waals surface area contributed by atoms with Gasteiger partial charge in [-0.15, -0.1) is 0 Å². The third-order valence-electron chi connectivity index (χ3n) is 1.98. The highest BCUT2D eigenvalue weighted by atomic mass is 35.5. The molecule has 0 heterocycles. The van der Waals surface area contributed by atoms with Crippen LogP contribution in [0.5, 0.6) is 5.75 Å². The lowest BCUT2D eigenvalue weighted by molar-refractivity contribution is -0.147. The lowest BCUT2D eigenvalue weighted by atomic mass is 10.2. The second kappa shape index (κ2) is 5.03. The Morgan fingerprint density at radius 1 is 1.47 bits per heavy atom. The summed E-state index contributed by atoms with van der Waals surface area (Å²) in [6.45, 7) is 3.51. The summed E-state index contributed by atoms with van der Waals surface area (Å²) in [5.41, 5.74) is 0.909. The van der Waals surface area contributed by atoms with Gasteiger partial charge in [-0.3, -0.25) is 0 Å². The van der Waals surface area contributed by atoms with Crippen molar-refractivity contribution < 1.29 is 14.3 Å². The average Bonchev–Trinajstić information content (AvgIpc) is 2.22. The van der Waals surface area contributed by atoms with Gasteiger partial charge in [0, 0.05) is 5.02 Å². The Balaban J connectivity index is 2.73. The van der Waals surface area contributed by atoms with Crippen molar-refractivity contribution in [3.63, 3.8) is 0 Å². The molecule has 0 aliphatic rings. The number of hydrogen-bond donors (Lipinski definition) is 0. The first-order chi connectivity index (χ1) is 7.04. The van der Waals surface area contributed by atoms with Crippen LogP contribution < -0.4 is 4.74 Å². The standard InChI is InChI=1S/C11H13ClO3/c1-7-6-9(4-5-10(7)12)15-8(2)11(13)14-3/h4-6,8H,1-3H3. The summed E-state index contributed by atoms with van der Waals surface area (Å²) in [6.07, 6.45) is -0.615. The van der Waals surface area contributed by atoms with Crippen LogP contribution in [0.4, 0.5) is 0 Å². The lowest BCUT2D eigenvalue weighted by Gasteiger charge is -2.12. The van der Waals surface area contributed by atoms with Crippen molar-refractivity contribution in [3.05, 3.63) is 28.8 Å². The summed E-state index contributed by atoms with van der Waals surface area (Å²) < 4.78 is 9.92. The second-order valence-electron chi connectivity index (χ2n) is 3.19. The molecular weight excluding hydrogens is 216 g/mol. The summed E-state index contributed by atoms with van der Waals surface area (Å²) in [5, 5.41) is 0.674. The van der Waals surface area contributed by atoms with Crippen LogP contribution in [0.1, 0.15) is 12.5 Å². The number of methoxy groups -OCH3 is 1. The molecule has 1 rings (SSSR count). The Labute approximate surface area is 93.9 Å². The van der Waals surface area contributed by atoms with Gasteiger partial charge in [0.2, 0.25) is 0 Å². The summed E-state index contributed by atoms with van der Waals surface area (Å²) in [6, 6.07) is 5.23. The molecule has 0 saturated carbocycles. The fourth-order valence-corrected chi connectivity index (χ4v) is 1.23. The number of rotatable bonds is 3. The number of ether oxygens (including phenoxy) is 2. The zero-order valence-electron chi connectivity index (χ0n) is 8.91. The molecule has 0 saturated heterocycles. The molecule has 4 heteroatoms. The summed E-state index contributed by atoms with van der Waals surface area (Å²) >= 11 is 5.86. The number of carbonyl (C=O) groups is 1. The van der Waals surface area contributed by atoms with Crippen LogP contribution in [-0.2, 0) is 9.53 Å². The molecule has 1 aromatic carbocycles.